The van der Waals surface area contributed by atoms with Gasteiger partial charge in [0.1, 0.15) is 0 Å². The van der Waals surface area contributed by atoms with Crippen LogP contribution in [0.3, 0.4) is 0 Å². The number of halogens is 1. The number of esters is 2. The van der Waals surface area contributed by atoms with E-state index in [2.05, 4.69) is 15.9 Å². The summed E-state index contributed by atoms with van der Waals surface area (Å²) in [5.74, 6) is -2.01. The van der Waals surface area contributed by atoms with E-state index >= 15 is 0 Å². The predicted molar refractivity (Wildman–Crippen MR) is 130 cm³/mol. The highest BCUT2D eigenvalue weighted by atomic mass is 79.9. The zero-order valence-electron chi connectivity index (χ0n) is 18.5. The fourth-order valence-corrected chi connectivity index (χ4v) is 4.90. The second-order valence-electron chi connectivity index (χ2n) is 7.88. The molecule has 0 bridgehead atoms. The summed E-state index contributed by atoms with van der Waals surface area (Å²) in [5, 5.41) is 0. The number of aliphatic imine (C=N–C) groups is 1. The number of aryl methyl sites for hydroxylation is 1. The molecular formula is C27H24BrNO4. The number of hydrogen-bond acceptors (Lipinski definition) is 5. The minimum atomic E-state index is -1.89. The summed E-state index contributed by atoms with van der Waals surface area (Å²) < 4.78 is 11.3. The van der Waals surface area contributed by atoms with Crippen molar-refractivity contribution in [3.05, 3.63) is 106 Å². The van der Waals surface area contributed by atoms with E-state index in [1.807, 2.05) is 78.9 Å². The van der Waals surface area contributed by atoms with Crippen molar-refractivity contribution in [3.8, 4) is 0 Å². The first kappa shape index (κ1) is 22.9. The number of carbonyl (C=O) groups is 2. The van der Waals surface area contributed by atoms with Crippen LogP contribution in [0.4, 0.5) is 0 Å². The lowest BCUT2D eigenvalue weighted by Gasteiger charge is -2.32. The topological polar surface area (TPSA) is 65.0 Å². The summed E-state index contributed by atoms with van der Waals surface area (Å²) in [7, 11) is 2.55. The van der Waals surface area contributed by atoms with Crippen molar-refractivity contribution in [2.24, 2.45) is 4.99 Å². The van der Waals surface area contributed by atoms with E-state index in [4.69, 9.17) is 14.5 Å². The molecular weight excluding hydrogens is 482 g/mol. The first-order chi connectivity index (χ1) is 16.0. The molecule has 5 nitrogen and oxygen atoms in total. The van der Waals surface area contributed by atoms with Crippen LogP contribution in [0.15, 0.2) is 88.3 Å². The summed E-state index contributed by atoms with van der Waals surface area (Å²) in [5.41, 5.74) is 2.18. The van der Waals surface area contributed by atoms with Crippen molar-refractivity contribution < 1.29 is 19.1 Å². The first-order valence-electron chi connectivity index (χ1n) is 10.7. The molecule has 0 spiro atoms. The van der Waals surface area contributed by atoms with E-state index in [0.29, 0.717) is 12.1 Å². The largest absolute Gasteiger partial charge is 0.467 e. The zero-order valence-corrected chi connectivity index (χ0v) is 20.0. The van der Waals surface area contributed by atoms with Gasteiger partial charge in [-0.3, -0.25) is 4.99 Å². The first-order valence-corrected chi connectivity index (χ1v) is 11.5. The lowest BCUT2D eigenvalue weighted by Crippen LogP contribution is -2.51. The Balaban J connectivity index is 2.03. The van der Waals surface area contributed by atoms with Crippen molar-refractivity contribution in [2.45, 2.75) is 24.3 Å². The normalized spacial score (nSPS) is 14.8. The Hall–Kier alpha value is -3.25. The van der Waals surface area contributed by atoms with Crippen LogP contribution >= 0.6 is 15.9 Å². The number of benzene rings is 3. The van der Waals surface area contributed by atoms with Gasteiger partial charge in [0.25, 0.3) is 5.54 Å². The van der Waals surface area contributed by atoms with Gasteiger partial charge in [-0.2, -0.15) is 0 Å². The molecule has 0 radical (unpaired) electrons. The molecule has 0 amide bonds. The summed E-state index contributed by atoms with van der Waals surface area (Å²) in [6.45, 7) is 0. The lowest BCUT2D eigenvalue weighted by atomic mass is 9.79. The Labute approximate surface area is 201 Å². The average molecular weight is 506 g/mol. The molecule has 0 heterocycles. The van der Waals surface area contributed by atoms with Crippen LogP contribution in [0.1, 0.15) is 34.6 Å². The molecule has 0 unspecified atom stereocenters. The Morgan fingerprint density at radius 3 is 1.94 bits per heavy atom. The molecule has 1 aliphatic carbocycles. The van der Waals surface area contributed by atoms with Crippen molar-refractivity contribution in [1.29, 1.82) is 0 Å². The maximum Gasteiger partial charge on any atom is 0.346 e. The fraction of sp³-hybridized carbons (Fsp3) is 0.222. The number of methoxy groups -OCH3 is 2. The van der Waals surface area contributed by atoms with Gasteiger partial charge in [-0.1, -0.05) is 82.7 Å². The van der Waals surface area contributed by atoms with Crippen molar-refractivity contribution in [1.82, 2.24) is 0 Å². The van der Waals surface area contributed by atoms with Crippen LogP contribution < -0.4 is 0 Å². The molecule has 4 rings (SSSR count). The number of fused-ring (bicyclic) bond motifs is 1. The van der Waals surface area contributed by atoms with Crippen molar-refractivity contribution in [2.75, 3.05) is 14.2 Å². The third kappa shape index (κ3) is 4.23. The quantitative estimate of drug-likeness (QED) is 0.265. The Kier molecular flexibility index (Phi) is 6.75. The van der Waals surface area contributed by atoms with Gasteiger partial charge in [-0.05, 0) is 36.1 Å². The van der Waals surface area contributed by atoms with E-state index in [0.717, 1.165) is 33.1 Å². The van der Waals surface area contributed by atoms with Crippen molar-refractivity contribution in [3.63, 3.8) is 0 Å². The maximum atomic E-state index is 13.5. The number of carbonyl (C=O) groups excluding carboxylic acids is 2. The lowest BCUT2D eigenvalue weighted by molar-refractivity contribution is -0.162. The molecule has 0 N–H and O–H groups in total. The van der Waals surface area contributed by atoms with Crippen LogP contribution in [0.2, 0.25) is 0 Å². The van der Waals surface area contributed by atoms with Crippen LogP contribution in [-0.4, -0.2) is 37.4 Å². The summed E-state index contributed by atoms with van der Waals surface area (Å²) in [4.78, 5) is 31.9. The number of ether oxygens (including phenoxy) is 2. The van der Waals surface area contributed by atoms with Gasteiger partial charge in [-0.25, -0.2) is 9.59 Å². The van der Waals surface area contributed by atoms with Gasteiger partial charge in [0, 0.05) is 21.5 Å². The van der Waals surface area contributed by atoms with E-state index in [9.17, 15) is 9.59 Å². The molecule has 1 aliphatic rings. The molecule has 0 aliphatic heterocycles. The summed E-state index contributed by atoms with van der Waals surface area (Å²) >= 11 is 3.52. The zero-order chi connectivity index (χ0) is 23.4. The number of nitrogens with zero attached hydrogens (tertiary/aromatic N) is 1. The maximum absolute atomic E-state index is 13.5. The minimum absolute atomic E-state index is 0.524. The van der Waals surface area contributed by atoms with Crippen LogP contribution in [0, 0.1) is 0 Å². The van der Waals surface area contributed by atoms with Crippen LogP contribution in [0.25, 0.3) is 0 Å². The van der Waals surface area contributed by atoms with Crippen molar-refractivity contribution >= 4 is 33.6 Å². The Bertz CT molecular complexity index is 1130. The Morgan fingerprint density at radius 1 is 0.879 bits per heavy atom. The Morgan fingerprint density at radius 2 is 1.42 bits per heavy atom. The highest BCUT2D eigenvalue weighted by Gasteiger charge is 2.57. The summed E-state index contributed by atoms with van der Waals surface area (Å²) in [6, 6.07) is 25.0. The van der Waals surface area contributed by atoms with Gasteiger partial charge in [-0.15, -0.1) is 0 Å². The molecule has 0 aromatic heterocycles. The molecule has 0 fully saturated rings. The van der Waals surface area contributed by atoms with E-state index in [1.165, 1.54) is 14.2 Å². The molecule has 168 valence electrons. The van der Waals surface area contributed by atoms with Gasteiger partial charge >= 0.3 is 11.9 Å². The third-order valence-corrected chi connectivity index (χ3v) is 6.56. The SMILES string of the molecule is COC(=O)C(N=C(c1ccccc1)c1ccccc1)(C(=O)OC)[C@@H]1CCc2ccc(Br)cc21. The smallest absolute Gasteiger partial charge is 0.346 e. The summed E-state index contributed by atoms with van der Waals surface area (Å²) in [6.07, 6.45) is 1.29. The van der Waals surface area contributed by atoms with Gasteiger partial charge < -0.3 is 9.47 Å². The molecule has 0 saturated carbocycles. The van der Waals surface area contributed by atoms with Gasteiger partial charge in [0.05, 0.1) is 19.9 Å². The van der Waals surface area contributed by atoms with Gasteiger partial charge in [0.15, 0.2) is 0 Å². The monoisotopic (exact) mass is 505 g/mol. The van der Waals surface area contributed by atoms with Gasteiger partial charge in [0.2, 0.25) is 0 Å². The van der Waals surface area contributed by atoms with Crippen LogP contribution in [0.5, 0.6) is 0 Å². The molecule has 0 saturated heterocycles. The standard InChI is InChI=1S/C27H24BrNO4/c1-32-25(30)27(26(31)33-2,23-16-14-18-13-15-21(28)17-22(18)23)29-24(19-9-5-3-6-10-19)20-11-7-4-8-12-20/h3-13,15,17,23H,14,16H2,1-2H3/t23-/m1/s1. The highest BCUT2D eigenvalue weighted by molar-refractivity contribution is 9.10. The molecule has 6 heteroatoms. The van der Waals surface area contributed by atoms with E-state index < -0.39 is 23.4 Å². The molecule has 1 atom stereocenters. The third-order valence-electron chi connectivity index (χ3n) is 6.07. The second-order valence-corrected chi connectivity index (χ2v) is 8.79. The number of rotatable bonds is 6. The van der Waals surface area contributed by atoms with E-state index in [-0.39, 0.29) is 0 Å². The number of hydrogen-bond donors (Lipinski definition) is 0. The van der Waals surface area contributed by atoms with Crippen LogP contribution in [-0.2, 0) is 25.5 Å². The predicted octanol–water partition coefficient (Wildman–Crippen LogP) is 5.10. The fourth-order valence-electron chi connectivity index (χ4n) is 4.52. The minimum Gasteiger partial charge on any atom is -0.467 e. The molecule has 3 aromatic carbocycles. The molecule has 3 aromatic rings. The molecule has 33 heavy (non-hydrogen) atoms. The van der Waals surface area contributed by atoms with E-state index in [1.54, 1.807) is 0 Å². The second kappa shape index (κ2) is 9.71. The highest BCUT2D eigenvalue weighted by Crippen LogP contribution is 2.45. The average Bonchev–Trinajstić information content (AvgIpc) is 3.28.